The SMILES string of the molecule is CCOC(=O)C(CC(C)C)N(CC(C)C)C(=O)OCC. The van der Waals surface area contributed by atoms with Gasteiger partial charge in [-0.15, -0.1) is 0 Å². The summed E-state index contributed by atoms with van der Waals surface area (Å²) in [5.41, 5.74) is 0. The first-order chi connectivity index (χ1) is 9.33. The van der Waals surface area contributed by atoms with Crippen molar-refractivity contribution in [3.05, 3.63) is 0 Å². The van der Waals surface area contributed by atoms with Crippen LogP contribution < -0.4 is 0 Å². The van der Waals surface area contributed by atoms with Crippen molar-refractivity contribution in [2.45, 2.75) is 54.0 Å². The zero-order chi connectivity index (χ0) is 15.7. The van der Waals surface area contributed by atoms with E-state index in [9.17, 15) is 9.59 Å². The summed E-state index contributed by atoms with van der Waals surface area (Å²) in [4.78, 5) is 25.8. The highest BCUT2D eigenvalue weighted by molar-refractivity contribution is 5.81. The lowest BCUT2D eigenvalue weighted by atomic mass is 10.0. The van der Waals surface area contributed by atoms with Gasteiger partial charge in [0.1, 0.15) is 6.04 Å². The lowest BCUT2D eigenvalue weighted by Gasteiger charge is -2.31. The molecule has 1 amide bonds. The average molecular weight is 287 g/mol. The lowest BCUT2D eigenvalue weighted by molar-refractivity contribution is -0.149. The van der Waals surface area contributed by atoms with Crippen molar-refractivity contribution < 1.29 is 19.1 Å². The summed E-state index contributed by atoms with van der Waals surface area (Å²) in [5.74, 6) is 0.187. The molecule has 0 aromatic heterocycles. The Balaban J connectivity index is 5.14. The van der Waals surface area contributed by atoms with Crippen molar-refractivity contribution >= 4 is 12.1 Å². The number of ether oxygens (including phenoxy) is 2. The molecular formula is C15H29NO4. The Bertz CT molecular complexity index is 272. The fourth-order valence-electron chi connectivity index (χ4n) is 1.96. The number of rotatable bonds is 8. The molecule has 0 aliphatic heterocycles. The number of carbonyl (C=O) groups is 2. The van der Waals surface area contributed by atoms with Crippen LogP contribution in [0.3, 0.4) is 0 Å². The number of hydrogen-bond donors (Lipinski definition) is 0. The molecule has 0 radical (unpaired) electrons. The molecule has 0 spiro atoms. The van der Waals surface area contributed by atoms with Crippen LogP contribution in [0, 0.1) is 11.8 Å². The predicted molar refractivity (Wildman–Crippen MR) is 78.4 cm³/mol. The second-order valence-electron chi connectivity index (χ2n) is 5.64. The molecule has 0 rings (SSSR count). The Morgan fingerprint density at radius 2 is 1.50 bits per heavy atom. The summed E-state index contributed by atoms with van der Waals surface area (Å²) in [7, 11) is 0. The first kappa shape index (κ1) is 18.7. The topological polar surface area (TPSA) is 55.8 Å². The Morgan fingerprint density at radius 3 is 1.90 bits per heavy atom. The van der Waals surface area contributed by atoms with Gasteiger partial charge in [-0.05, 0) is 32.1 Å². The van der Waals surface area contributed by atoms with Crippen LogP contribution in [-0.4, -0.2) is 42.8 Å². The molecule has 118 valence electrons. The van der Waals surface area contributed by atoms with Gasteiger partial charge in [-0.1, -0.05) is 27.7 Å². The predicted octanol–water partition coefficient (Wildman–Crippen LogP) is 3.08. The van der Waals surface area contributed by atoms with Crippen molar-refractivity contribution in [3.63, 3.8) is 0 Å². The molecule has 0 bridgehead atoms. The van der Waals surface area contributed by atoms with Crippen LogP contribution in [0.15, 0.2) is 0 Å². The van der Waals surface area contributed by atoms with Gasteiger partial charge in [0.15, 0.2) is 0 Å². The molecule has 0 aromatic carbocycles. The van der Waals surface area contributed by atoms with Crippen LogP contribution in [0.5, 0.6) is 0 Å². The van der Waals surface area contributed by atoms with E-state index in [1.54, 1.807) is 13.8 Å². The standard InChI is InChI=1S/C15H29NO4/c1-7-19-14(17)13(9-11(3)4)16(10-12(5)6)15(18)20-8-2/h11-13H,7-10H2,1-6H3. The summed E-state index contributed by atoms with van der Waals surface area (Å²) in [6.45, 7) is 12.7. The normalized spacial score (nSPS) is 12.4. The maximum atomic E-state index is 12.1. The first-order valence-corrected chi connectivity index (χ1v) is 7.43. The third-order valence-corrected chi connectivity index (χ3v) is 2.69. The molecule has 0 fully saturated rings. The third kappa shape index (κ3) is 6.78. The van der Waals surface area contributed by atoms with Crippen molar-refractivity contribution in [2.24, 2.45) is 11.8 Å². The molecule has 0 N–H and O–H groups in total. The van der Waals surface area contributed by atoms with Crippen molar-refractivity contribution in [1.29, 1.82) is 0 Å². The van der Waals surface area contributed by atoms with E-state index in [1.807, 2.05) is 27.7 Å². The average Bonchev–Trinajstić information content (AvgIpc) is 2.33. The van der Waals surface area contributed by atoms with E-state index >= 15 is 0 Å². The molecule has 0 saturated heterocycles. The Kier molecular flexibility index (Phi) is 9.01. The molecule has 0 heterocycles. The van der Waals surface area contributed by atoms with Gasteiger partial charge >= 0.3 is 12.1 Å². The summed E-state index contributed by atoms with van der Waals surface area (Å²) >= 11 is 0. The van der Waals surface area contributed by atoms with Crippen LogP contribution in [0.2, 0.25) is 0 Å². The first-order valence-electron chi connectivity index (χ1n) is 7.43. The molecule has 1 unspecified atom stereocenters. The third-order valence-electron chi connectivity index (χ3n) is 2.69. The summed E-state index contributed by atoms with van der Waals surface area (Å²) in [6.07, 6.45) is 0.129. The fraction of sp³-hybridized carbons (Fsp3) is 0.867. The second-order valence-corrected chi connectivity index (χ2v) is 5.64. The molecule has 20 heavy (non-hydrogen) atoms. The van der Waals surface area contributed by atoms with Gasteiger partial charge in [0.25, 0.3) is 0 Å². The van der Waals surface area contributed by atoms with Gasteiger partial charge in [0.2, 0.25) is 0 Å². The molecular weight excluding hydrogens is 258 g/mol. The number of carbonyl (C=O) groups excluding carboxylic acids is 2. The Hall–Kier alpha value is -1.26. The molecule has 5 heteroatoms. The minimum absolute atomic E-state index is 0.253. The van der Waals surface area contributed by atoms with Gasteiger partial charge < -0.3 is 9.47 Å². The Labute approximate surface area is 122 Å². The molecule has 0 aliphatic carbocycles. The highest BCUT2D eigenvalue weighted by atomic mass is 16.6. The van der Waals surface area contributed by atoms with Crippen LogP contribution in [0.25, 0.3) is 0 Å². The van der Waals surface area contributed by atoms with E-state index < -0.39 is 12.1 Å². The largest absolute Gasteiger partial charge is 0.464 e. The van der Waals surface area contributed by atoms with Crippen LogP contribution in [-0.2, 0) is 14.3 Å². The number of nitrogens with zero attached hydrogens (tertiary/aromatic N) is 1. The van der Waals surface area contributed by atoms with Gasteiger partial charge in [0, 0.05) is 6.54 Å². The van der Waals surface area contributed by atoms with E-state index in [4.69, 9.17) is 9.47 Å². The van der Waals surface area contributed by atoms with Gasteiger partial charge in [0.05, 0.1) is 13.2 Å². The van der Waals surface area contributed by atoms with E-state index in [2.05, 4.69) is 0 Å². The van der Waals surface area contributed by atoms with E-state index in [1.165, 1.54) is 4.90 Å². The quantitative estimate of drug-likeness (QED) is 0.644. The fourth-order valence-corrected chi connectivity index (χ4v) is 1.96. The number of amides is 1. The van der Waals surface area contributed by atoms with E-state index in [-0.39, 0.29) is 17.8 Å². The second kappa shape index (κ2) is 9.61. The zero-order valence-corrected chi connectivity index (χ0v) is 13.6. The lowest BCUT2D eigenvalue weighted by Crippen LogP contribution is -2.48. The van der Waals surface area contributed by atoms with Gasteiger partial charge in [-0.2, -0.15) is 0 Å². The van der Waals surface area contributed by atoms with E-state index in [0.29, 0.717) is 26.2 Å². The zero-order valence-electron chi connectivity index (χ0n) is 13.6. The minimum atomic E-state index is -0.573. The number of hydrogen-bond acceptors (Lipinski definition) is 4. The molecule has 1 atom stereocenters. The highest BCUT2D eigenvalue weighted by Crippen LogP contribution is 2.16. The monoisotopic (exact) mass is 287 g/mol. The summed E-state index contributed by atoms with van der Waals surface area (Å²) < 4.78 is 10.2. The van der Waals surface area contributed by atoms with Crippen LogP contribution in [0.1, 0.15) is 48.0 Å². The van der Waals surface area contributed by atoms with E-state index in [0.717, 1.165) is 0 Å². The molecule has 5 nitrogen and oxygen atoms in total. The van der Waals surface area contributed by atoms with Crippen LogP contribution >= 0.6 is 0 Å². The highest BCUT2D eigenvalue weighted by Gasteiger charge is 2.32. The molecule has 0 aliphatic rings. The Morgan fingerprint density at radius 1 is 0.950 bits per heavy atom. The van der Waals surface area contributed by atoms with Crippen LogP contribution in [0.4, 0.5) is 4.79 Å². The van der Waals surface area contributed by atoms with Crippen molar-refractivity contribution in [3.8, 4) is 0 Å². The summed E-state index contributed by atoms with van der Waals surface area (Å²) in [6, 6.07) is -0.573. The van der Waals surface area contributed by atoms with Gasteiger partial charge in [-0.3, -0.25) is 4.90 Å². The van der Waals surface area contributed by atoms with Crippen molar-refractivity contribution in [1.82, 2.24) is 4.90 Å². The summed E-state index contributed by atoms with van der Waals surface area (Å²) in [5, 5.41) is 0. The maximum absolute atomic E-state index is 12.1. The maximum Gasteiger partial charge on any atom is 0.410 e. The number of esters is 1. The van der Waals surface area contributed by atoms with Gasteiger partial charge in [-0.25, -0.2) is 9.59 Å². The minimum Gasteiger partial charge on any atom is -0.464 e. The molecule has 0 aromatic rings. The van der Waals surface area contributed by atoms with Crippen molar-refractivity contribution in [2.75, 3.05) is 19.8 Å². The smallest absolute Gasteiger partial charge is 0.410 e. The molecule has 0 saturated carbocycles.